The van der Waals surface area contributed by atoms with E-state index in [-0.39, 0.29) is 18.6 Å². The van der Waals surface area contributed by atoms with E-state index < -0.39 is 23.6 Å². The number of carbonyl (C=O) groups is 3. The maximum Gasteiger partial charge on any atom is 0.408 e. The Labute approximate surface area is 101 Å². The quantitative estimate of drug-likeness (QED) is 0.744. The summed E-state index contributed by atoms with van der Waals surface area (Å²) in [4.78, 5) is 33.2. The number of ether oxygens (including phenoxy) is 1. The van der Waals surface area contributed by atoms with Crippen molar-refractivity contribution < 1.29 is 19.1 Å². The zero-order chi connectivity index (χ0) is 13.6. The lowest BCUT2D eigenvalue weighted by Crippen LogP contribution is -2.46. The molecule has 0 spiro atoms. The van der Waals surface area contributed by atoms with Crippen LogP contribution in [0, 0.1) is 0 Å². The van der Waals surface area contributed by atoms with Crippen LogP contribution < -0.4 is 11.1 Å². The van der Waals surface area contributed by atoms with Gasteiger partial charge in [0, 0.05) is 6.42 Å². The summed E-state index contributed by atoms with van der Waals surface area (Å²) in [6.07, 6.45) is -0.349. The molecule has 0 aliphatic rings. The van der Waals surface area contributed by atoms with Crippen LogP contribution in [0.5, 0.6) is 0 Å². The zero-order valence-corrected chi connectivity index (χ0v) is 10.7. The molecule has 2 amide bonds. The maximum absolute atomic E-state index is 11.4. The Morgan fingerprint density at radius 2 is 1.82 bits per heavy atom. The Bertz CT molecular complexity index is 307. The number of hydrogen-bond acceptors (Lipinski definition) is 4. The van der Waals surface area contributed by atoms with E-state index in [9.17, 15) is 14.4 Å². The molecule has 6 nitrogen and oxygen atoms in total. The number of nitrogens with one attached hydrogen (secondary N) is 1. The molecule has 0 saturated carbocycles. The first kappa shape index (κ1) is 15.4. The number of alkyl carbamates (subject to hydrolysis) is 1. The van der Waals surface area contributed by atoms with E-state index >= 15 is 0 Å². The minimum atomic E-state index is -0.881. The molecular formula is C11H20N2O4. The van der Waals surface area contributed by atoms with E-state index in [1.807, 2.05) is 0 Å². The van der Waals surface area contributed by atoms with Gasteiger partial charge in [-0.2, -0.15) is 0 Å². The van der Waals surface area contributed by atoms with Gasteiger partial charge in [0.05, 0.1) is 0 Å². The van der Waals surface area contributed by atoms with Gasteiger partial charge in [-0.3, -0.25) is 4.79 Å². The second kappa shape index (κ2) is 6.22. The van der Waals surface area contributed by atoms with Crippen LogP contribution in [0.4, 0.5) is 4.79 Å². The zero-order valence-electron chi connectivity index (χ0n) is 10.7. The Balaban J connectivity index is 4.30. The Morgan fingerprint density at radius 3 is 2.18 bits per heavy atom. The lowest BCUT2D eigenvalue weighted by molar-refractivity contribution is -0.120. The summed E-state index contributed by atoms with van der Waals surface area (Å²) in [5.74, 6) is -0.751. The molecule has 0 aliphatic carbocycles. The summed E-state index contributed by atoms with van der Waals surface area (Å²) < 4.78 is 4.98. The smallest absolute Gasteiger partial charge is 0.408 e. The predicted molar refractivity (Wildman–Crippen MR) is 62.3 cm³/mol. The van der Waals surface area contributed by atoms with E-state index in [4.69, 9.17) is 10.5 Å². The minimum absolute atomic E-state index is 0.0674. The monoisotopic (exact) mass is 244 g/mol. The summed E-state index contributed by atoms with van der Waals surface area (Å²) in [6, 6.07) is -0.881. The summed E-state index contributed by atoms with van der Waals surface area (Å²) in [5.41, 5.74) is 4.47. The van der Waals surface area contributed by atoms with Gasteiger partial charge in [-0.05, 0) is 34.1 Å². The number of carbonyl (C=O) groups excluding carboxylic acids is 3. The van der Waals surface area contributed by atoms with E-state index in [0.29, 0.717) is 0 Å². The summed E-state index contributed by atoms with van der Waals surface area (Å²) in [5, 5.41) is 2.34. The van der Waals surface area contributed by atoms with Gasteiger partial charge in [-0.25, -0.2) is 4.79 Å². The Hall–Kier alpha value is -1.59. The highest BCUT2D eigenvalue weighted by atomic mass is 16.6. The molecule has 3 N–H and O–H groups in total. The molecule has 0 aromatic carbocycles. The maximum atomic E-state index is 11.4. The van der Waals surface area contributed by atoms with Gasteiger partial charge in [0.25, 0.3) is 0 Å². The number of rotatable bonds is 5. The highest BCUT2D eigenvalue weighted by Crippen LogP contribution is 2.07. The minimum Gasteiger partial charge on any atom is -0.444 e. The molecule has 17 heavy (non-hydrogen) atoms. The van der Waals surface area contributed by atoms with Gasteiger partial charge < -0.3 is 20.6 Å². The first-order chi connectivity index (χ1) is 7.61. The summed E-state index contributed by atoms with van der Waals surface area (Å²) in [7, 11) is 0. The standard InChI is InChI=1S/C11H20N2O4/c1-7(14)5-6-8(9(12)15)13-10(16)17-11(2,3)4/h8H,5-6H2,1-4H3,(H2,12,15)(H,13,16). The van der Waals surface area contributed by atoms with Crippen LogP contribution in [-0.2, 0) is 14.3 Å². The van der Waals surface area contributed by atoms with Gasteiger partial charge in [-0.1, -0.05) is 0 Å². The van der Waals surface area contributed by atoms with Crippen molar-refractivity contribution in [2.45, 2.75) is 52.2 Å². The van der Waals surface area contributed by atoms with Crippen molar-refractivity contribution in [1.82, 2.24) is 5.32 Å². The van der Waals surface area contributed by atoms with E-state index in [0.717, 1.165) is 0 Å². The normalized spacial score (nSPS) is 12.7. The Kier molecular flexibility index (Phi) is 5.64. The molecule has 0 aromatic rings. The first-order valence-corrected chi connectivity index (χ1v) is 5.40. The molecule has 0 bridgehead atoms. The fourth-order valence-electron chi connectivity index (χ4n) is 1.08. The van der Waals surface area contributed by atoms with E-state index in [1.54, 1.807) is 20.8 Å². The van der Waals surface area contributed by atoms with Crippen molar-refractivity contribution in [3.63, 3.8) is 0 Å². The summed E-state index contributed by atoms with van der Waals surface area (Å²) in [6.45, 7) is 6.54. The van der Waals surface area contributed by atoms with Crippen molar-refractivity contribution in [2.75, 3.05) is 0 Å². The van der Waals surface area contributed by atoms with Crippen LogP contribution in [0.25, 0.3) is 0 Å². The molecule has 6 heteroatoms. The molecule has 0 aromatic heterocycles. The highest BCUT2D eigenvalue weighted by molar-refractivity contribution is 5.85. The molecule has 0 aliphatic heterocycles. The molecule has 1 atom stereocenters. The van der Waals surface area contributed by atoms with Gasteiger partial charge >= 0.3 is 6.09 Å². The topological polar surface area (TPSA) is 98.5 Å². The van der Waals surface area contributed by atoms with Crippen molar-refractivity contribution >= 4 is 17.8 Å². The van der Waals surface area contributed by atoms with Crippen molar-refractivity contribution in [1.29, 1.82) is 0 Å². The van der Waals surface area contributed by atoms with Crippen LogP contribution in [-0.4, -0.2) is 29.4 Å². The molecular weight excluding hydrogens is 224 g/mol. The molecule has 0 rings (SSSR count). The summed E-state index contributed by atoms with van der Waals surface area (Å²) >= 11 is 0. The van der Waals surface area contributed by atoms with Crippen molar-refractivity contribution in [3.05, 3.63) is 0 Å². The van der Waals surface area contributed by atoms with E-state index in [1.165, 1.54) is 6.92 Å². The van der Waals surface area contributed by atoms with Crippen LogP contribution >= 0.6 is 0 Å². The third-order valence-corrected chi connectivity index (χ3v) is 1.82. The fourth-order valence-corrected chi connectivity index (χ4v) is 1.08. The van der Waals surface area contributed by atoms with Crippen molar-refractivity contribution in [2.24, 2.45) is 5.73 Å². The largest absolute Gasteiger partial charge is 0.444 e. The predicted octanol–water partition coefficient (Wildman–Crippen LogP) is 0.734. The number of primary amides is 1. The molecule has 0 fully saturated rings. The molecule has 98 valence electrons. The van der Waals surface area contributed by atoms with Gasteiger partial charge in [0.15, 0.2) is 0 Å². The molecule has 0 saturated heterocycles. The van der Waals surface area contributed by atoms with Crippen LogP contribution in [0.1, 0.15) is 40.5 Å². The third-order valence-electron chi connectivity index (χ3n) is 1.82. The second-order valence-corrected chi connectivity index (χ2v) is 4.84. The molecule has 0 radical (unpaired) electrons. The number of nitrogens with two attached hydrogens (primary N) is 1. The van der Waals surface area contributed by atoms with Gasteiger partial charge in [0.1, 0.15) is 17.4 Å². The lowest BCUT2D eigenvalue weighted by atomic mass is 10.1. The second-order valence-electron chi connectivity index (χ2n) is 4.84. The fraction of sp³-hybridized carbons (Fsp3) is 0.727. The first-order valence-electron chi connectivity index (χ1n) is 5.40. The number of ketones is 1. The average Bonchev–Trinajstić information content (AvgIpc) is 2.08. The number of amides is 2. The lowest BCUT2D eigenvalue weighted by Gasteiger charge is -2.22. The third kappa shape index (κ3) is 8.24. The van der Waals surface area contributed by atoms with Crippen LogP contribution in [0.2, 0.25) is 0 Å². The highest BCUT2D eigenvalue weighted by Gasteiger charge is 2.22. The van der Waals surface area contributed by atoms with Crippen LogP contribution in [0.15, 0.2) is 0 Å². The van der Waals surface area contributed by atoms with E-state index in [2.05, 4.69) is 5.32 Å². The number of Topliss-reactive ketones (excluding diaryl/α,β-unsaturated/α-hetero) is 1. The van der Waals surface area contributed by atoms with Gasteiger partial charge in [0.2, 0.25) is 5.91 Å². The molecule has 1 unspecified atom stereocenters. The van der Waals surface area contributed by atoms with Crippen LogP contribution in [0.3, 0.4) is 0 Å². The van der Waals surface area contributed by atoms with Crippen molar-refractivity contribution in [3.8, 4) is 0 Å². The SMILES string of the molecule is CC(=O)CCC(NC(=O)OC(C)(C)C)C(N)=O. The molecule has 0 heterocycles. The Morgan fingerprint density at radius 1 is 1.29 bits per heavy atom. The van der Waals surface area contributed by atoms with Gasteiger partial charge in [-0.15, -0.1) is 0 Å². The average molecular weight is 244 g/mol. The number of hydrogen-bond donors (Lipinski definition) is 2.